The second-order valence-corrected chi connectivity index (χ2v) is 4.34. The van der Waals surface area contributed by atoms with Gasteiger partial charge in [0.25, 0.3) is 0 Å². The molecule has 0 saturated carbocycles. The summed E-state index contributed by atoms with van der Waals surface area (Å²) < 4.78 is 0. The van der Waals surface area contributed by atoms with Crippen molar-refractivity contribution in [3.8, 4) is 0 Å². The molecular weight excluding hydrogens is 184 g/mol. The van der Waals surface area contributed by atoms with Crippen molar-refractivity contribution in [2.24, 2.45) is 0 Å². The molecule has 82 valence electrons. The normalized spacial score (nSPS) is 19.3. The molecule has 0 bridgehead atoms. The van der Waals surface area contributed by atoms with Gasteiger partial charge in [-0.05, 0) is 50.0 Å². The Hall–Kier alpha value is -1.02. The number of nitrogen functional groups attached to an aromatic ring is 1. The van der Waals surface area contributed by atoms with Gasteiger partial charge in [0.1, 0.15) is 0 Å². The second-order valence-electron chi connectivity index (χ2n) is 4.34. The molecule has 1 aliphatic rings. The van der Waals surface area contributed by atoms with Crippen molar-refractivity contribution in [1.82, 2.24) is 4.90 Å². The molecule has 1 aliphatic heterocycles. The Labute approximate surface area is 92.1 Å². The van der Waals surface area contributed by atoms with Gasteiger partial charge in [-0.15, -0.1) is 0 Å². The summed E-state index contributed by atoms with van der Waals surface area (Å²) in [5.41, 5.74) is 8.33. The SMILES string of the molecule is CCN1CCC(c2ccccc2N)CC1. The topological polar surface area (TPSA) is 29.3 Å². The summed E-state index contributed by atoms with van der Waals surface area (Å²) in [5, 5.41) is 0. The largest absolute Gasteiger partial charge is 0.398 e. The van der Waals surface area contributed by atoms with Gasteiger partial charge in [0.15, 0.2) is 0 Å². The number of hydrogen-bond acceptors (Lipinski definition) is 2. The van der Waals surface area contributed by atoms with Crippen LogP contribution in [0.25, 0.3) is 0 Å². The maximum absolute atomic E-state index is 6.00. The van der Waals surface area contributed by atoms with Crippen molar-refractivity contribution < 1.29 is 0 Å². The highest BCUT2D eigenvalue weighted by Gasteiger charge is 2.20. The first kappa shape index (κ1) is 10.5. The van der Waals surface area contributed by atoms with E-state index in [1.807, 2.05) is 12.1 Å². The zero-order chi connectivity index (χ0) is 10.7. The van der Waals surface area contributed by atoms with Gasteiger partial charge in [0.2, 0.25) is 0 Å². The summed E-state index contributed by atoms with van der Waals surface area (Å²) in [7, 11) is 0. The predicted octanol–water partition coefficient (Wildman–Crippen LogP) is 2.47. The van der Waals surface area contributed by atoms with E-state index in [1.54, 1.807) is 0 Å². The molecule has 2 heteroatoms. The molecule has 0 radical (unpaired) electrons. The lowest BCUT2D eigenvalue weighted by Gasteiger charge is -2.31. The van der Waals surface area contributed by atoms with E-state index in [9.17, 15) is 0 Å². The zero-order valence-corrected chi connectivity index (χ0v) is 9.45. The summed E-state index contributed by atoms with van der Waals surface area (Å²) in [6, 6.07) is 8.31. The molecule has 1 aromatic rings. The number of para-hydroxylation sites is 1. The first-order valence-corrected chi connectivity index (χ1v) is 5.88. The number of benzene rings is 1. The number of piperidine rings is 1. The van der Waals surface area contributed by atoms with Gasteiger partial charge in [-0.25, -0.2) is 0 Å². The van der Waals surface area contributed by atoms with Gasteiger partial charge >= 0.3 is 0 Å². The van der Waals surface area contributed by atoms with Gasteiger partial charge < -0.3 is 10.6 Å². The Morgan fingerprint density at radius 3 is 2.53 bits per heavy atom. The highest BCUT2D eigenvalue weighted by Crippen LogP contribution is 2.31. The van der Waals surface area contributed by atoms with E-state index in [2.05, 4.69) is 24.0 Å². The molecular formula is C13H20N2. The van der Waals surface area contributed by atoms with Crippen molar-refractivity contribution in [2.75, 3.05) is 25.4 Å². The average Bonchev–Trinajstić information content (AvgIpc) is 2.30. The average molecular weight is 204 g/mol. The maximum atomic E-state index is 6.00. The van der Waals surface area contributed by atoms with Crippen molar-refractivity contribution in [3.05, 3.63) is 29.8 Å². The standard InChI is InChI=1S/C13H20N2/c1-2-15-9-7-11(8-10-15)12-5-3-4-6-13(12)14/h3-6,11H,2,7-10,14H2,1H3. The number of nitrogens with zero attached hydrogens (tertiary/aromatic N) is 1. The first-order chi connectivity index (χ1) is 7.31. The Balaban J connectivity index is 2.04. The molecule has 2 nitrogen and oxygen atoms in total. The number of anilines is 1. The quantitative estimate of drug-likeness (QED) is 0.750. The molecule has 0 spiro atoms. The van der Waals surface area contributed by atoms with Crippen LogP contribution in [0.2, 0.25) is 0 Å². The Bertz CT molecular complexity index is 314. The van der Waals surface area contributed by atoms with E-state index in [0.29, 0.717) is 5.92 Å². The minimum Gasteiger partial charge on any atom is -0.398 e. The molecule has 0 atom stereocenters. The van der Waals surface area contributed by atoms with E-state index >= 15 is 0 Å². The van der Waals surface area contributed by atoms with E-state index in [0.717, 1.165) is 5.69 Å². The molecule has 1 heterocycles. The van der Waals surface area contributed by atoms with Crippen LogP contribution in [-0.4, -0.2) is 24.5 Å². The third-order valence-corrected chi connectivity index (χ3v) is 3.47. The second kappa shape index (κ2) is 4.67. The molecule has 0 aliphatic carbocycles. The fourth-order valence-corrected chi connectivity index (χ4v) is 2.44. The molecule has 2 N–H and O–H groups in total. The molecule has 0 unspecified atom stereocenters. The summed E-state index contributed by atoms with van der Waals surface area (Å²) in [5.74, 6) is 0.675. The van der Waals surface area contributed by atoms with Crippen LogP contribution in [0, 0.1) is 0 Å². The minimum atomic E-state index is 0.675. The van der Waals surface area contributed by atoms with Crippen molar-refractivity contribution in [1.29, 1.82) is 0 Å². The number of likely N-dealkylation sites (tertiary alicyclic amines) is 1. The van der Waals surface area contributed by atoms with Gasteiger partial charge in [-0.3, -0.25) is 0 Å². The fraction of sp³-hybridized carbons (Fsp3) is 0.538. The van der Waals surface area contributed by atoms with Crippen molar-refractivity contribution >= 4 is 5.69 Å². The molecule has 1 aromatic carbocycles. The van der Waals surface area contributed by atoms with Crippen LogP contribution >= 0.6 is 0 Å². The van der Waals surface area contributed by atoms with Crippen molar-refractivity contribution in [3.63, 3.8) is 0 Å². The Morgan fingerprint density at radius 1 is 1.27 bits per heavy atom. The summed E-state index contributed by atoms with van der Waals surface area (Å²) in [4.78, 5) is 2.51. The van der Waals surface area contributed by atoms with Crippen LogP contribution in [0.3, 0.4) is 0 Å². The minimum absolute atomic E-state index is 0.675. The van der Waals surface area contributed by atoms with E-state index < -0.39 is 0 Å². The maximum Gasteiger partial charge on any atom is 0.0349 e. The smallest absolute Gasteiger partial charge is 0.0349 e. The van der Waals surface area contributed by atoms with Gasteiger partial charge in [-0.1, -0.05) is 25.1 Å². The number of nitrogens with two attached hydrogens (primary N) is 1. The highest BCUT2D eigenvalue weighted by molar-refractivity contribution is 5.48. The van der Waals surface area contributed by atoms with Crippen LogP contribution < -0.4 is 5.73 Å². The summed E-state index contributed by atoms with van der Waals surface area (Å²) in [6.45, 7) is 5.85. The monoisotopic (exact) mass is 204 g/mol. The van der Waals surface area contributed by atoms with E-state index in [-0.39, 0.29) is 0 Å². The Kier molecular flexibility index (Phi) is 3.27. The van der Waals surface area contributed by atoms with Gasteiger partial charge in [0.05, 0.1) is 0 Å². The lowest BCUT2D eigenvalue weighted by molar-refractivity contribution is 0.222. The van der Waals surface area contributed by atoms with Crippen LogP contribution in [0.4, 0.5) is 5.69 Å². The van der Waals surface area contributed by atoms with Crippen molar-refractivity contribution in [2.45, 2.75) is 25.7 Å². The third-order valence-electron chi connectivity index (χ3n) is 3.47. The highest BCUT2D eigenvalue weighted by atomic mass is 15.1. The predicted molar refractivity (Wildman–Crippen MR) is 64.9 cm³/mol. The molecule has 0 amide bonds. The molecule has 2 rings (SSSR count). The Morgan fingerprint density at radius 2 is 1.93 bits per heavy atom. The summed E-state index contributed by atoms with van der Waals surface area (Å²) >= 11 is 0. The van der Waals surface area contributed by atoms with Crippen LogP contribution in [0.1, 0.15) is 31.2 Å². The van der Waals surface area contributed by atoms with Gasteiger partial charge in [-0.2, -0.15) is 0 Å². The van der Waals surface area contributed by atoms with E-state index in [1.165, 1.54) is 38.0 Å². The molecule has 0 aromatic heterocycles. The van der Waals surface area contributed by atoms with Gasteiger partial charge in [0, 0.05) is 5.69 Å². The lowest BCUT2D eigenvalue weighted by atomic mass is 9.88. The van der Waals surface area contributed by atoms with Crippen LogP contribution in [0.5, 0.6) is 0 Å². The molecule has 15 heavy (non-hydrogen) atoms. The molecule has 1 saturated heterocycles. The summed E-state index contributed by atoms with van der Waals surface area (Å²) in [6.07, 6.45) is 2.50. The van der Waals surface area contributed by atoms with Crippen LogP contribution in [-0.2, 0) is 0 Å². The zero-order valence-electron chi connectivity index (χ0n) is 9.45. The fourth-order valence-electron chi connectivity index (χ4n) is 2.44. The number of rotatable bonds is 2. The number of hydrogen-bond donors (Lipinski definition) is 1. The molecule has 1 fully saturated rings. The van der Waals surface area contributed by atoms with E-state index in [4.69, 9.17) is 5.73 Å². The van der Waals surface area contributed by atoms with Crippen LogP contribution in [0.15, 0.2) is 24.3 Å². The third kappa shape index (κ3) is 2.32. The lowest BCUT2D eigenvalue weighted by Crippen LogP contribution is -2.32. The first-order valence-electron chi connectivity index (χ1n) is 5.88.